The van der Waals surface area contributed by atoms with Crippen molar-refractivity contribution in [2.75, 3.05) is 56.1 Å². The molecule has 6 nitrogen and oxygen atoms in total. The fraction of sp³-hybridized carbons (Fsp3) is 0.391. The zero-order valence-electron chi connectivity index (χ0n) is 17.5. The molecule has 1 aliphatic heterocycles. The average Bonchev–Trinajstić information content (AvgIpc) is 2.71. The third-order valence-corrected chi connectivity index (χ3v) is 5.31. The molecule has 6 heteroatoms. The van der Waals surface area contributed by atoms with Gasteiger partial charge in [0.1, 0.15) is 0 Å². The molecule has 2 aromatic carbocycles. The van der Waals surface area contributed by atoms with Crippen LogP contribution < -0.4 is 15.1 Å². The molecule has 0 atom stereocenters. The number of amides is 2. The molecule has 1 fully saturated rings. The normalized spacial score (nSPS) is 14.5. The molecule has 0 bridgehead atoms. The highest BCUT2D eigenvalue weighted by Gasteiger charge is 2.16. The van der Waals surface area contributed by atoms with Crippen molar-refractivity contribution in [2.24, 2.45) is 0 Å². The molecular weight excluding hydrogens is 364 g/mol. The van der Waals surface area contributed by atoms with E-state index in [4.69, 9.17) is 0 Å². The van der Waals surface area contributed by atoms with E-state index in [1.165, 1.54) is 5.69 Å². The molecule has 0 unspecified atom stereocenters. The van der Waals surface area contributed by atoms with Crippen molar-refractivity contribution in [3.05, 3.63) is 59.7 Å². The molecule has 0 aliphatic carbocycles. The van der Waals surface area contributed by atoms with E-state index in [9.17, 15) is 9.59 Å². The van der Waals surface area contributed by atoms with Gasteiger partial charge < -0.3 is 20.0 Å². The maximum atomic E-state index is 12.3. The minimum absolute atomic E-state index is 0.0397. The lowest BCUT2D eigenvalue weighted by molar-refractivity contribution is -0.116. The van der Waals surface area contributed by atoms with Crippen LogP contribution in [0.3, 0.4) is 0 Å². The van der Waals surface area contributed by atoms with Crippen LogP contribution in [-0.2, 0) is 4.79 Å². The van der Waals surface area contributed by atoms with Gasteiger partial charge in [-0.05, 0) is 50.4 Å². The van der Waals surface area contributed by atoms with Gasteiger partial charge in [0.2, 0.25) is 5.91 Å². The Labute approximate surface area is 173 Å². The number of anilines is 2. The van der Waals surface area contributed by atoms with Crippen LogP contribution in [0.5, 0.6) is 0 Å². The highest BCUT2D eigenvalue weighted by Crippen LogP contribution is 2.22. The number of nitrogens with zero attached hydrogens (tertiary/aromatic N) is 3. The predicted molar refractivity (Wildman–Crippen MR) is 118 cm³/mol. The van der Waals surface area contributed by atoms with Gasteiger partial charge in [0.05, 0.1) is 0 Å². The summed E-state index contributed by atoms with van der Waals surface area (Å²) in [5.41, 5.74) is 3.71. The van der Waals surface area contributed by atoms with Gasteiger partial charge >= 0.3 is 0 Å². The lowest BCUT2D eigenvalue weighted by Crippen LogP contribution is -2.44. The number of carbonyl (C=O) groups is 2. The van der Waals surface area contributed by atoms with Crippen LogP contribution in [0, 0.1) is 6.92 Å². The Bertz CT molecular complexity index is 842. The zero-order valence-corrected chi connectivity index (χ0v) is 17.5. The predicted octanol–water partition coefficient (Wildman–Crippen LogP) is 2.53. The van der Waals surface area contributed by atoms with Crippen molar-refractivity contribution in [3.8, 4) is 0 Å². The van der Waals surface area contributed by atoms with Crippen molar-refractivity contribution >= 4 is 23.2 Å². The Morgan fingerprint density at radius 3 is 2.34 bits per heavy atom. The van der Waals surface area contributed by atoms with Crippen LogP contribution in [-0.4, -0.2) is 63.0 Å². The zero-order chi connectivity index (χ0) is 20.8. The first-order valence-corrected chi connectivity index (χ1v) is 10.1. The summed E-state index contributed by atoms with van der Waals surface area (Å²) >= 11 is 0. The second-order valence-electron chi connectivity index (χ2n) is 7.60. The third-order valence-electron chi connectivity index (χ3n) is 5.31. The molecule has 0 aromatic heterocycles. The maximum Gasteiger partial charge on any atom is 0.251 e. The van der Waals surface area contributed by atoms with E-state index in [2.05, 4.69) is 34.3 Å². The van der Waals surface area contributed by atoms with Gasteiger partial charge in [-0.3, -0.25) is 9.59 Å². The number of piperazine rings is 1. The Kier molecular flexibility index (Phi) is 6.88. The second-order valence-corrected chi connectivity index (χ2v) is 7.60. The standard InChI is InChI=1S/C23H30N4O2/c1-18-5-4-6-20(17-18)23(29)24-11-12-27(19(2)28)22-9-7-21(8-10-22)26-15-13-25(3)14-16-26/h4-10,17H,11-16H2,1-3H3,(H,24,29). The minimum Gasteiger partial charge on any atom is -0.369 e. The van der Waals surface area contributed by atoms with Crippen molar-refractivity contribution in [1.82, 2.24) is 10.2 Å². The summed E-state index contributed by atoms with van der Waals surface area (Å²) in [6, 6.07) is 15.6. The van der Waals surface area contributed by atoms with Crippen LogP contribution in [0.2, 0.25) is 0 Å². The van der Waals surface area contributed by atoms with E-state index >= 15 is 0 Å². The summed E-state index contributed by atoms with van der Waals surface area (Å²) in [4.78, 5) is 30.8. The van der Waals surface area contributed by atoms with E-state index in [-0.39, 0.29) is 11.8 Å². The van der Waals surface area contributed by atoms with E-state index < -0.39 is 0 Å². The summed E-state index contributed by atoms with van der Waals surface area (Å²) < 4.78 is 0. The summed E-state index contributed by atoms with van der Waals surface area (Å²) in [7, 11) is 2.14. The molecule has 154 valence electrons. The first-order valence-electron chi connectivity index (χ1n) is 10.1. The largest absolute Gasteiger partial charge is 0.369 e. The van der Waals surface area contributed by atoms with E-state index in [1.807, 2.05) is 37.3 Å². The average molecular weight is 395 g/mol. The highest BCUT2D eigenvalue weighted by molar-refractivity contribution is 5.95. The molecule has 29 heavy (non-hydrogen) atoms. The topological polar surface area (TPSA) is 55.9 Å². The second kappa shape index (κ2) is 9.56. The van der Waals surface area contributed by atoms with Gasteiger partial charge in [0, 0.05) is 63.1 Å². The highest BCUT2D eigenvalue weighted by atomic mass is 16.2. The minimum atomic E-state index is -0.123. The fourth-order valence-corrected chi connectivity index (χ4v) is 3.55. The Morgan fingerprint density at radius 1 is 1.03 bits per heavy atom. The monoisotopic (exact) mass is 394 g/mol. The molecule has 2 amide bonds. The lowest BCUT2D eigenvalue weighted by Gasteiger charge is -2.34. The fourth-order valence-electron chi connectivity index (χ4n) is 3.55. The number of likely N-dealkylation sites (N-methyl/N-ethyl adjacent to an activating group) is 1. The Hall–Kier alpha value is -2.86. The molecule has 2 aromatic rings. The van der Waals surface area contributed by atoms with Gasteiger partial charge in [-0.25, -0.2) is 0 Å². The van der Waals surface area contributed by atoms with Crippen LogP contribution >= 0.6 is 0 Å². The Balaban J connectivity index is 1.58. The molecule has 0 saturated carbocycles. The van der Waals surface area contributed by atoms with Gasteiger partial charge in [-0.1, -0.05) is 17.7 Å². The molecule has 1 N–H and O–H groups in total. The number of benzene rings is 2. The first-order chi connectivity index (χ1) is 13.9. The van der Waals surface area contributed by atoms with Gasteiger partial charge in [-0.15, -0.1) is 0 Å². The number of aryl methyl sites for hydroxylation is 1. The number of carbonyl (C=O) groups excluding carboxylic acids is 2. The molecule has 1 saturated heterocycles. The summed E-state index contributed by atoms with van der Waals surface area (Å²) in [6.07, 6.45) is 0. The maximum absolute atomic E-state index is 12.3. The molecule has 0 spiro atoms. The lowest BCUT2D eigenvalue weighted by atomic mass is 10.1. The van der Waals surface area contributed by atoms with Gasteiger partial charge in [0.25, 0.3) is 5.91 Å². The number of hydrogen-bond acceptors (Lipinski definition) is 4. The Morgan fingerprint density at radius 2 is 1.72 bits per heavy atom. The smallest absolute Gasteiger partial charge is 0.251 e. The summed E-state index contributed by atoms with van der Waals surface area (Å²) in [5, 5.41) is 2.90. The third kappa shape index (κ3) is 5.57. The van der Waals surface area contributed by atoms with Crippen molar-refractivity contribution in [2.45, 2.75) is 13.8 Å². The van der Waals surface area contributed by atoms with E-state index in [1.54, 1.807) is 17.9 Å². The van der Waals surface area contributed by atoms with E-state index in [0.717, 1.165) is 37.4 Å². The van der Waals surface area contributed by atoms with Crippen molar-refractivity contribution < 1.29 is 9.59 Å². The molecule has 0 radical (unpaired) electrons. The number of rotatable bonds is 6. The molecular formula is C23H30N4O2. The van der Waals surface area contributed by atoms with Crippen LogP contribution in [0.4, 0.5) is 11.4 Å². The SMILES string of the molecule is CC(=O)N(CCNC(=O)c1cccc(C)c1)c1ccc(N2CCN(C)CC2)cc1. The molecule has 1 aliphatic rings. The van der Waals surface area contributed by atoms with Crippen LogP contribution in [0.15, 0.2) is 48.5 Å². The van der Waals surface area contributed by atoms with Crippen LogP contribution in [0.25, 0.3) is 0 Å². The van der Waals surface area contributed by atoms with Crippen LogP contribution in [0.1, 0.15) is 22.8 Å². The summed E-state index contributed by atoms with van der Waals surface area (Å²) in [6.45, 7) is 8.47. The molecule has 3 rings (SSSR count). The number of hydrogen-bond donors (Lipinski definition) is 1. The van der Waals surface area contributed by atoms with Crippen molar-refractivity contribution in [3.63, 3.8) is 0 Å². The summed E-state index contributed by atoms with van der Waals surface area (Å²) in [5.74, 6) is -0.162. The van der Waals surface area contributed by atoms with E-state index in [0.29, 0.717) is 18.7 Å². The van der Waals surface area contributed by atoms with Crippen molar-refractivity contribution in [1.29, 1.82) is 0 Å². The molecule has 1 heterocycles. The van der Waals surface area contributed by atoms with Gasteiger partial charge in [0.15, 0.2) is 0 Å². The van der Waals surface area contributed by atoms with Gasteiger partial charge in [-0.2, -0.15) is 0 Å². The number of nitrogens with one attached hydrogen (secondary N) is 1. The quantitative estimate of drug-likeness (QED) is 0.818. The first kappa shape index (κ1) is 20.9.